The maximum atomic E-state index is 14.4. The number of rotatable bonds is 8. The quantitative estimate of drug-likeness (QED) is 0.187. The molecule has 0 saturated carbocycles. The van der Waals surface area contributed by atoms with E-state index in [1.807, 2.05) is 97.2 Å². The predicted molar refractivity (Wildman–Crippen MR) is 187 cm³/mol. The summed E-state index contributed by atoms with van der Waals surface area (Å²) in [6, 6.07) is 27.9. The van der Waals surface area contributed by atoms with E-state index in [0.29, 0.717) is 32.4 Å². The number of halogens is 1. The van der Waals surface area contributed by atoms with Crippen LogP contribution in [0.5, 0.6) is 0 Å². The lowest BCUT2D eigenvalue weighted by Crippen LogP contribution is -2.54. The van der Waals surface area contributed by atoms with Gasteiger partial charge in [0.25, 0.3) is 5.91 Å². The fourth-order valence-corrected chi connectivity index (χ4v) is 6.91. The number of benzene rings is 4. The Morgan fingerprint density at radius 3 is 2.25 bits per heavy atom. The Morgan fingerprint density at radius 1 is 0.917 bits per heavy atom. The van der Waals surface area contributed by atoms with E-state index in [1.165, 1.54) is 4.90 Å². The van der Waals surface area contributed by atoms with Crippen molar-refractivity contribution in [3.63, 3.8) is 0 Å². The van der Waals surface area contributed by atoms with Crippen LogP contribution in [0.2, 0.25) is 5.02 Å². The minimum absolute atomic E-state index is 0.0185. The number of carbonyl (C=O) groups excluding carboxylic acids is 3. The fourth-order valence-electron chi connectivity index (χ4n) is 6.72. The summed E-state index contributed by atoms with van der Waals surface area (Å²) in [5, 5.41) is 16.6. The third kappa shape index (κ3) is 5.98. The summed E-state index contributed by atoms with van der Waals surface area (Å²) >= 11 is 6.41. The lowest BCUT2D eigenvalue weighted by Gasteiger charge is -2.29. The molecule has 242 valence electrons. The van der Waals surface area contributed by atoms with E-state index in [9.17, 15) is 19.5 Å². The molecule has 1 saturated heterocycles. The molecular formula is C38H34ClN5O4. The molecule has 0 bridgehead atoms. The van der Waals surface area contributed by atoms with Gasteiger partial charge in [0.1, 0.15) is 12.1 Å². The molecule has 7 rings (SSSR count). The Hall–Kier alpha value is -5.25. The summed E-state index contributed by atoms with van der Waals surface area (Å²) < 4.78 is 0. The monoisotopic (exact) mass is 659 g/mol. The molecule has 4 aromatic carbocycles. The molecule has 10 heteroatoms. The van der Waals surface area contributed by atoms with Crippen molar-refractivity contribution in [2.75, 3.05) is 13.6 Å². The van der Waals surface area contributed by atoms with Crippen molar-refractivity contribution in [3.05, 3.63) is 125 Å². The van der Waals surface area contributed by atoms with Crippen molar-refractivity contribution in [1.82, 2.24) is 25.1 Å². The first-order chi connectivity index (χ1) is 23.3. The van der Waals surface area contributed by atoms with Gasteiger partial charge in [-0.3, -0.25) is 14.4 Å². The van der Waals surface area contributed by atoms with Gasteiger partial charge in [0.2, 0.25) is 11.8 Å². The fraction of sp³-hybridized carbons (Fsp3) is 0.211. The summed E-state index contributed by atoms with van der Waals surface area (Å²) in [4.78, 5) is 53.6. The first-order valence-electron chi connectivity index (χ1n) is 15.9. The number of pyridine rings is 1. The number of hydrogen-bond donors (Lipinski definition) is 3. The Kier molecular flexibility index (Phi) is 8.56. The van der Waals surface area contributed by atoms with E-state index < -0.39 is 24.1 Å². The largest absolute Gasteiger partial charge is 0.391 e. The van der Waals surface area contributed by atoms with Crippen LogP contribution < -0.4 is 5.32 Å². The molecule has 1 aliphatic rings. The predicted octanol–water partition coefficient (Wildman–Crippen LogP) is 5.48. The van der Waals surface area contributed by atoms with Crippen LogP contribution in [0, 0.1) is 0 Å². The van der Waals surface area contributed by atoms with Gasteiger partial charge in [-0.05, 0) is 35.4 Å². The Morgan fingerprint density at radius 2 is 1.54 bits per heavy atom. The van der Waals surface area contributed by atoms with Crippen LogP contribution in [-0.4, -0.2) is 74.4 Å². The number of aliphatic hydroxyl groups is 1. The van der Waals surface area contributed by atoms with Gasteiger partial charge >= 0.3 is 0 Å². The Bertz CT molecular complexity index is 2130. The molecule has 9 nitrogen and oxygen atoms in total. The number of aliphatic hydroxyl groups excluding tert-OH is 1. The molecule has 48 heavy (non-hydrogen) atoms. The zero-order chi connectivity index (χ0) is 33.4. The number of likely N-dealkylation sites (tertiary alicyclic amines) is 1. The van der Waals surface area contributed by atoms with Gasteiger partial charge in [0.15, 0.2) is 0 Å². The number of amides is 3. The highest BCUT2D eigenvalue weighted by Crippen LogP contribution is 2.30. The van der Waals surface area contributed by atoms with E-state index in [4.69, 9.17) is 16.6 Å². The molecule has 3 N–H and O–H groups in total. The molecule has 0 radical (unpaired) electrons. The maximum Gasteiger partial charge on any atom is 0.256 e. The normalized spacial score (nSPS) is 16.8. The number of fused-ring (bicyclic) bond motifs is 3. The Labute approximate surface area is 282 Å². The molecule has 1 fully saturated rings. The molecule has 0 aliphatic carbocycles. The number of aromatic amines is 1. The second-order valence-electron chi connectivity index (χ2n) is 12.3. The summed E-state index contributed by atoms with van der Waals surface area (Å²) in [5.74, 6) is -1.19. The van der Waals surface area contributed by atoms with Crippen molar-refractivity contribution in [1.29, 1.82) is 0 Å². The number of nitrogens with zero attached hydrogens (tertiary/aromatic N) is 3. The van der Waals surface area contributed by atoms with E-state index in [1.54, 1.807) is 18.0 Å². The van der Waals surface area contributed by atoms with Crippen molar-refractivity contribution in [3.8, 4) is 0 Å². The first kappa shape index (κ1) is 31.4. The van der Waals surface area contributed by atoms with Gasteiger partial charge in [-0.1, -0.05) is 84.4 Å². The number of para-hydroxylation sites is 3. The van der Waals surface area contributed by atoms with Crippen LogP contribution >= 0.6 is 11.6 Å². The number of nitrogens with one attached hydrogen (secondary N) is 2. The molecule has 0 spiro atoms. The molecule has 3 heterocycles. The molecule has 1 aliphatic heterocycles. The van der Waals surface area contributed by atoms with E-state index in [0.717, 1.165) is 22.0 Å². The van der Waals surface area contributed by atoms with E-state index in [2.05, 4.69) is 10.3 Å². The summed E-state index contributed by atoms with van der Waals surface area (Å²) in [7, 11) is 1.68. The second-order valence-corrected chi connectivity index (χ2v) is 12.7. The summed E-state index contributed by atoms with van der Waals surface area (Å²) in [6.45, 7) is 0.225. The van der Waals surface area contributed by atoms with Gasteiger partial charge in [-0.2, -0.15) is 0 Å². The highest BCUT2D eigenvalue weighted by Gasteiger charge is 2.41. The van der Waals surface area contributed by atoms with Crippen LogP contribution in [0.4, 0.5) is 0 Å². The van der Waals surface area contributed by atoms with Gasteiger partial charge in [-0.25, -0.2) is 4.98 Å². The first-order valence-corrected chi connectivity index (χ1v) is 16.3. The van der Waals surface area contributed by atoms with Crippen molar-refractivity contribution in [2.24, 2.45) is 0 Å². The minimum Gasteiger partial charge on any atom is -0.391 e. The SMILES string of the molecule is CN(Cc1ccccc1Cl)C(=O)C(Cc1c[nH]c2ccccc12)NC(=O)C1C[C@@H](O)CN1C(=O)c1c2ccccc2nc2ccccc12. The zero-order valence-electron chi connectivity index (χ0n) is 26.3. The molecule has 2 aromatic heterocycles. The molecule has 3 atom stereocenters. The molecule has 6 aromatic rings. The number of hydrogen-bond acceptors (Lipinski definition) is 5. The number of carbonyl (C=O) groups is 3. The van der Waals surface area contributed by atoms with Crippen LogP contribution in [0.15, 0.2) is 103 Å². The van der Waals surface area contributed by atoms with Crippen LogP contribution in [0.25, 0.3) is 32.7 Å². The summed E-state index contributed by atoms with van der Waals surface area (Å²) in [5.41, 5.74) is 4.30. The van der Waals surface area contributed by atoms with Gasteiger partial charge < -0.3 is 25.2 Å². The number of aromatic nitrogens is 2. The summed E-state index contributed by atoms with van der Waals surface area (Å²) in [6.07, 6.45) is 1.20. The lowest BCUT2D eigenvalue weighted by atomic mass is 10.0. The standard InChI is InChI=1S/C38H34ClN5O4/c1-43(21-23-10-2-6-14-29(23)39)37(47)33(18-24-20-40-30-15-7-3-11-26(24)30)42-36(46)34-19-25(45)22-44(34)38(48)35-27-12-4-8-16-31(27)41-32-17-9-5-13-28(32)35/h2-17,20,25,33-34,40,45H,18-19,21-22H2,1H3,(H,42,46)/t25-,33?,34?/m1/s1. The zero-order valence-corrected chi connectivity index (χ0v) is 27.0. The maximum absolute atomic E-state index is 14.4. The minimum atomic E-state index is -0.995. The van der Waals surface area contributed by atoms with Gasteiger partial charge in [0, 0.05) is 65.9 Å². The average molecular weight is 660 g/mol. The van der Waals surface area contributed by atoms with Gasteiger partial charge in [-0.15, -0.1) is 0 Å². The van der Waals surface area contributed by atoms with E-state index >= 15 is 0 Å². The van der Waals surface area contributed by atoms with Crippen molar-refractivity contribution in [2.45, 2.75) is 37.6 Å². The second kappa shape index (κ2) is 13.1. The Balaban J connectivity index is 1.20. The third-order valence-corrected chi connectivity index (χ3v) is 9.47. The van der Waals surface area contributed by atoms with Gasteiger partial charge in [0.05, 0.1) is 22.7 Å². The lowest BCUT2D eigenvalue weighted by molar-refractivity contribution is -0.136. The highest BCUT2D eigenvalue weighted by atomic mass is 35.5. The third-order valence-electron chi connectivity index (χ3n) is 9.10. The molecule has 3 amide bonds. The van der Waals surface area contributed by atoms with Crippen LogP contribution in [0.1, 0.15) is 27.9 Å². The number of H-pyrrole nitrogens is 1. The van der Waals surface area contributed by atoms with Crippen molar-refractivity contribution < 1.29 is 19.5 Å². The highest BCUT2D eigenvalue weighted by molar-refractivity contribution is 6.31. The number of β-amino-alcohol motifs (C(OH)–C–C–N with tert-alkyl or cyclic N) is 1. The topological polar surface area (TPSA) is 119 Å². The van der Waals surface area contributed by atoms with Crippen molar-refractivity contribution >= 4 is 62.0 Å². The smallest absolute Gasteiger partial charge is 0.256 e. The molecular weight excluding hydrogens is 626 g/mol. The van der Waals surface area contributed by atoms with E-state index in [-0.39, 0.29) is 37.7 Å². The average Bonchev–Trinajstić information content (AvgIpc) is 3.70. The number of likely N-dealkylation sites (N-methyl/N-ethyl adjacent to an activating group) is 1. The molecule has 2 unspecified atom stereocenters. The van der Waals surface area contributed by atoms with Crippen LogP contribution in [0.3, 0.4) is 0 Å². The van der Waals surface area contributed by atoms with Crippen LogP contribution in [-0.2, 0) is 22.6 Å².